The van der Waals surface area contributed by atoms with Crippen molar-refractivity contribution in [2.45, 2.75) is 149 Å². The third-order valence-corrected chi connectivity index (χ3v) is 12.1. The van der Waals surface area contributed by atoms with Gasteiger partial charge in [0.05, 0.1) is 42.7 Å². The molecular formula is C45H78N6O8. The number of likely N-dealkylation sites (tertiary alicyclic amines) is 1. The van der Waals surface area contributed by atoms with Crippen LogP contribution in [0, 0.1) is 23.7 Å². The number of nitrogens with zero attached hydrogens (tertiary/aromatic N) is 3. The molecule has 2 rings (SSSR count). The Morgan fingerprint density at radius 3 is 2.03 bits per heavy atom. The molecule has 0 aromatic heterocycles. The van der Waals surface area contributed by atoms with Crippen molar-refractivity contribution in [3.8, 4) is 0 Å². The fraction of sp³-hybridized carbons (Fsp3) is 0.756. The largest absolute Gasteiger partial charge is 0.396 e. The normalized spacial score (nSPS) is 18.7. The number of hydrogen-bond donors (Lipinski definition) is 4. The van der Waals surface area contributed by atoms with Gasteiger partial charge in [0.2, 0.25) is 29.5 Å². The maximum Gasteiger partial charge on any atom is 0.245 e. The molecule has 1 aromatic rings. The highest BCUT2D eigenvalue weighted by Gasteiger charge is 2.43. The molecule has 4 N–H and O–H groups in total. The van der Waals surface area contributed by atoms with Crippen molar-refractivity contribution < 1.29 is 38.6 Å². The molecule has 1 saturated heterocycles. The van der Waals surface area contributed by atoms with Gasteiger partial charge < -0.3 is 40.3 Å². The predicted octanol–water partition coefficient (Wildman–Crippen LogP) is 3.64. The highest BCUT2D eigenvalue weighted by atomic mass is 16.5. The monoisotopic (exact) mass is 831 g/mol. The number of nitrogens with one attached hydrogen (secondary N) is 3. The van der Waals surface area contributed by atoms with E-state index in [2.05, 4.69) is 16.0 Å². The second-order valence-electron chi connectivity index (χ2n) is 18.1. The van der Waals surface area contributed by atoms with Crippen LogP contribution in [0.25, 0.3) is 0 Å². The molecule has 0 aliphatic carbocycles. The summed E-state index contributed by atoms with van der Waals surface area (Å²) < 4.78 is 12.0. The molecule has 1 aromatic carbocycles. The molecular weight excluding hydrogens is 753 g/mol. The molecule has 0 bridgehead atoms. The lowest BCUT2D eigenvalue weighted by molar-refractivity contribution is -0.148. The number of methoxy groups -OCH3 is 2. The van der Waals surface area contributed by atoms with Crippen LogP contribution in [-0.2, 0) is 39.9 Å². The zero-order chi connectivity index (χ0) is 44.8. The van der Waals surface area contributed by atoms with Crippen molar-refractivity contribution in [3.05, 3.63) is 35.9 Å². The average molecular weight is 831 g/mol. The molecule has 1 aliphatic heterocycles. The van der Waals surface area contributed by atoms with E-state index in [1.54, 1.807) is 30.9 Å². The number of rotatable bonds is 24. The van der Waals surface area contributed by atoms with E-state index >= 15 is 0 Å². The molecule has 0 saturated carbocycles. The van der Waals surface area contributed by atoms with Crippen LogP contribution in [-0.4, -0.2) is 146 Å². The minimum atomic E-state index is -0.892. The Bertz CT molecular complexity index is 1480. The van der Waals surface area contributed by atoms with Gasteiger partial charge in [-0.05, 0) is 70.5 Å². The minimum absolute atomic E-state index is 0.00561. The molecule has 0 spiro atoms. The molecule has 5 amide bonds. The zero-order valence-corrected chi connectivity index (χ0v) is 38.5. The van der Waals surface area contributed by atoms with Crippen molar-refractivity contribution in [2.24, 2.45) is 23.7 Å². The summed E-state index contributed by atoms with van der Waals surface area (Å²) in [5, 5.41) is 18.5. The summed E-state index contributed by atoms with van der Waals surface area (Å²) in [6.45, 7) is 17.6. The number of likely N-dealkylation sites (N-methyl/N-ethyl adjacent to an activating group) is 2. The standard InChI is InChI=1S/C45H78N6O8/c1-15-30(6)39(50(12)44(57)37(28(2)3)47-43(56)38(29(4)5)49(10)11)35(58-13)27-36(53)51-24-19-22-34(51)40(59-14)31(7)41(54)46-33(26-32-20-17-16-18-21-32)42(55)48-45(8,9)23-25-52/h16-18,20-21,28-31,33-35,37-40,52H,15,19,22-27H2,1-14H3,(H,46,54)(H,47,56)(H,48,55)/t30-,31+,33-,34-,35?,37-,38-,39?,40+/m0/s1. The van der Waals surface area contributed by atoms with E-state index in [1.807, 2.05) is 105 Å². The topological polar surface area (TPSA) is 170 Å². The number of aliphatic hydroxyl groups excluding tert-OH is 1. The van der Waals surface area contributed by atoms with Gasteiger partial charge in [0.15, 0.2) is 0 Å². The molecule has 1 heterocycles. The van der Waals surface area contributed by atoms with Crippen molar-refractivity contribution in [2.75, 3.05) is 48.5 Å². The average Bonchev–Trinajstić information content (AvgIpc) is 3.65. The maximum atomic E-state index is 14.3. The second-order valence-corrected chi connectivity index (χ2v) is 18.1. The molecule has 2 unspecified atom stereocenters. The zero-order valence-electron chi connectivity index (χ0n) is 38.5. The molecule has 14 heteroatoms. The first kappa shape index (κ1) is 51.6. The van der Waals surface area contributed by atoms with Crippen LogP contribution in [0.15, 0.2) is 30.3 Å². The Balaban J connectivity index is 2.33. The van der Waals surface area contributed by atoms with Crippen LogP contribution in [0.2, 0.25) is 0 Å². The molecule has 336 valence electrons. The van der Waals surface area contributed by atoms with E-state index in [1.165, 1.54) is 7.11 Å². The number of aliphatic hydroxyl groups is 1. The lowest BCUT2D eigenvalue weighted by Gasteiger charge is -2.41. The number of benzene rings is 1. The van der Waals surface area contributed by atoms with Gasteiger partial charge in [-0.1, -0.05) is 85.2 Å². The highest BCUT2D eigenvalue weighted by molar-refractivity contribution is 5.91. The first-order valence-corrected chi connectivity index (χ1v) is 21.5. The Kier molecular flexibility index (Phi) is 21.0. The summed E-state index contributed by atoms with van der Waals surface area (Å²) >= 11 is 0. The molecule has 0 radical (unpaired) electrons. The lowest BCUT2D eigenvalue weighted by atomic mass is 9.89. The molecule has 14 nitrogen and oxygen atoms in total. The fourth-order valence-corrected chi connectivity index (χ4v) is 8.54. The van der Waals surface area contributed by atoms with Gasteiger partial charge in [-0.15, -0.1) is 0 Å². The lowest BCUT2D eigenvalue weighted by Crippen LogP contribution is -2.59. The number of amides is 5. The van der Waals surface area contributed by atoms with E-state index in [-0.39, 0.29) is 66.7 Å². The summed E-state index contributed by atoms with van der Waals surface area (Å²) in [6, 6.07) is 6.47. The van der Waals surface area contributed by atoms with Gasteiger partial charge in [0.1, 0.15) is 12.1 Å². The molecule has 59 heavy (non-hydrogen) atoms. The SMILES string of the molecule is CC[C@H](C)C(C(CC(=O)N1CCC[C@H]1[C@H](OC)[C@@H](C)C(=O)N[C@@H](Cc1ccccc1)C(=O)NC(C)(C)CCO)OC)N(C)C(=O)[C@@H](NC(=O)[C@H](C(C)C)N(C)C)C(C)C. The molecule has 9 atom stereocenters. The van der Waals surface area contributed by atoms with Gasteiger partial charge in [-0.3, -0.25) is 28.9 Å². The van der Waals surface area contributed by atoms with E-state index in [0.717, 1.165) is 12.0 Å². The van der Waals surface area contributed by atoms with Crippen molar-refractivity contribution in [1.82, 2.24) is 30.7 Å². The second kappa shape index (κ2) is 24.0. The summed E-state index contributed by atoms with van der Waals surface area (Å²) in [6.07, 6.45) is 1.33. The van der Waals surface area contributed by atoms with Crippen LogP contribution in [0.3, 0.4) is 0 Å². The first-order chi connectivity index (χ1) is 27.7. The van der Waals surface area contributed by atoms with Crippen molar-refractivity contribution in [3.63, 3.8) is 0 Å². The third-order valence-electron chi connectivity index (χ3n) is 12.1. The number of carbonyl (C=O) groups excluding carboxylic acids is 5. The van der Waals surface area contributed by atoms with E-state index in [0.29, 0.717) is 25.8 Å². The molecule has 1 aliphatic rings. The van der Waals surface area contributed by atoms with Gasteiger partial charge >= 0.3 is 0 Å². The van der Waals surface area contributed by atoms with E-state index < -0.39 is 53.9 Å². The van der Waals surface area contributed by atoms with Crippen molar-refractivity contribution in [1.29, 1.82) is 0 Å². The third kappa shape index (κ3) is 14.5. The predicted molar refractivity (Wildman–Crippen MR) is 231 cm³/mol. The summed E-state index contributed by atoms with van der Waals surface area (Å²) in [5.74, 6) is -2.30. The van der Waals surface area contributed by atoms with Crippen LogP contribution in [0.1, 0.15) is 100.0 Å². The Morgan fingerprint density at radius 1 is 0.898 bits per heavy atom. The number of ether oxygens (including phenoxy) is 2. The van der Waals surface area contributed by atoms with Gasteiger partial charge in [-0.25, -0.2) is 0 Å². The van der Waals surface area contributed by atoms with Crippen LogP contribution in [0.5, 0.6) is 0 Å². The number of hydrogen-bond acceptors (Lipinski definition) is 9. The Hall–Kier alpha value is -3.59. The Labute approximate surface area is 354 Å². The summed E-state index contributed by atoms with van der Waals surface area (Å²) in [5.41, 5.74) is 0.183. The van der Waals surface area contributed by atoms with E-state index in [9.17, 15) is 29.1 Å². The van der Waals surface area contributed by atoms with Crippen LogP contribution in [0.4, 0.5) is 0 Å². The Morgan fingerprint density at radius 2 is 1.53 bits per heavy atom. The maximum absolute atomic E-state index is 14.3. The van der Waals surface area contributed by atoms with Crippen molar-refractivity contribution >= 4 is 29.5 Å². The van der Waals surface area contributed by atoms with Gasteiger partial charge in [0, 0.05) is 46.4 Å². The summed E-state index contributed by atoms with van der Waals surface area (Å²) in [7, 11) is 8.51. The summed E-state index contributed by atoms with van der Waals surface area (Å²) in [4.78, 5) is 75.0. The van der Waals surface area contributed by atoms with Crippen LogP contribution >= 0.6 is 0 Å². The van der Waals surface area contributed by atoms with E-state index in [4.69, 9.17) is 9.47 Å². The molecule has 1 fully saturated rings. The highest BCUT2D eigenvalue weighted by Crippen LogP contribution is 2.30. The number of carbonyl (C=O) groups is 5. The first-order valence-electron chi connectivity index (χ1n) is 21.5. The fourth-order valence-electron chi connectivity index (χ4n) is 8.54. The van der Waals surface area contributed by atoms with Crippen LogP contribution < -0.4 is 16.0 Å². The smallest absolute Gasteiger partial charge is 0.245 e. The van der Waals surface area contributed by atoms with Gasteiger partial charge in [-0.2, -0.15) is 0 Å². The van der Waals surface area contributed by atoms with Gasteiger partial charge in [0.25, 0.3) is 0 Å². The minimum Gasteiger partial charge on any atom is -0.396 e. The quantitative estimate of drug-likeness (QED) is 0.122.